The fraction of sp³-hybridized carbons (Fsp3) is 0.133. The van der Waals surface area contributed by atoms with Crippen LogP contribution in [0.3, 0.4) is 0 Å². The third kappa shape index (κ3) is 2.74. The van der Waals surface area contributed by atoms with Crippen LogP contribution in [0.4, 0.5) is 4.39 Å². The van der Waals surface area contributed by atoms with E-state index in [0.717, 1.165) is 28.6 Å². The zero-order chi connectivity index (χ0) is 14.8. The lowest BCUT2D eigenvalue weighted by Gasteiger charge is -2.06. The zero-order valence-corrected chi connectivity index (χ0v) is 11.4. The van der Waals surface area contributed by atoms with Crippen molar-refractivity contribution >= 4 is 16.9 Å². The van der Waals surface area contributed by atoms with Crippen LogP contribution >= 0.6 is 0 Å². The number of hydrogen-bond acceptors (Lipinski definition) is 3. The number of imidazole rings is 1. The number of aromatic nitrogens is 3. The predicted molar refractivity (Wildman–Crippen MR) is 76.2 cm³/mol. The lowest BCUT2D eigenvalue weighted by molar-refractivity contribution is 0.0946. The summed E-state index contributed by atoms with van der Waals surface area (Å²) in [5.41, 5.74) is 2.69. The van der Waals surface area contributed by atoms with Crippen molar-refractivity contribution in [3.8, 4) is 0 Å². The van der Waals surface area contributed by atoms with Gasteiger partial charge in [-0.1, -0.05) is 6.07 Å². The number of aromatic amines is 1. The van der Waals surface area contributed by atoms with E-state index in [0.29, 0.717) is 6.54 Å². The molecule has 0 spiro atoms. The molecule has 5 nitrogen and oxygen atoms in total. The molecule has 1 amide bonds. The quantitative estimate of drug-likeness (QED) is 0.775. The Morgan fingerprint density at radius 3 is 3.05 bits per heavy atom. The summed E-state index contributed by atoms with van der Waals surface area (Å²) in [7, 11) is 0. The van der Waals surface area contributed by atoms with Gasteiger partial charge in [0.2, 0.25) is 0 Å². The summed E-state index contributed by atoms with van der Waals surface area (Å²) in [6.45, 7) is 2.20. The maximum Gasteiger partial charge on any atom is 0.254 e. The van der Waals surface area contributed by atoms with Crippen LogP contribution in [0.2, 0.25) is 0 Å². The van der Waals surface area contributed by atoms with Gasteiger partial charge in [0.15, 0.2) is 5.82 Å². The Morgan fingerprint density at radius 2 is 2.24 bits per heavy atom. The molecule has 0 aliphatic heterocycles. The van der Waals surface area contributed by atoms with Crippen molar-refractivity contribution in [2.75, 3.05) is 0 Å². The molecule has 0 fully saturated rings. The first-order valence-electron chi connectivity index (χ1n) is 6.46. The molecule has 2 aromatic heterocycles. The SMILES string of the molecule is Cc1nc2ccc(CNC(=O)c3ccncc3F)cc2[nH]1. The maximum absolute atomic E-state index is 13.4. The van der Waals surface area contributed by atoms with E-state index in [1.807, 2.05) is 25.1 Å². The smallest absolute Gasteiger partial charge is 0.254 e. The number of amides is 1. The van der Waals surface area contributed by atoms with Crippen LogP contribution < -0.4 is 5.32 Å². The van der Waals surface area contributed by atoms with Gasteiger partial charge < -0.3 is 10.3 Å². The summed E-state index contributed by atoms with van der Waals surface area (Å²) in [5.74, 6) is -0.254. The van der Waals surface area contributed by atoms with Crippen molar-refractivity contribution in [2.24, 2.45) is 0 Å². The van der Waals surface area contributed by atoms with E-state index in [-0.39, 0.29) is 5.56 Å². The van der Waals surface area contributed by atoms with E-state index in [1.165, 1.54) is 12.3 Å². The van der Waals surface area contributed by atoms with Crippen LogP contribution in [-0.2, 0) is 6.54 Å². The monoisotopic (exact) mass is 284 g/mol. The summed E-state index contributed by atoms with van der Waals surface area (Å²) < 4.78 is 13.4. The Balaban J connectivity index is 1.74. The Hall–Kier alpha value is -2.76. The summed E-state index contributed by atoms with van der Waals surface area (Å²) in [4.78, 5) is 23.0. The zero-order valence-electron chi connectivity index (χ0n) is 11.4. The summed E-state index contributed by atoms with van der Waals surface area (Å²) >= 11 is 0. The standard InChI is InChI=1S/C15H13FN4O/c1-9-19-13-3-2-10(6-14(13)20-9)7-18-15(21)11-4-5-17-8-12(11)16/h2-6,8H,7H2,1H3,(H,18,21)(H,19,20). The average molecular weight is 284 g/mol. The van der Waals surface area contributed by atoms with Gasteiger partial charge in [-0.2, -0.15) is 0 Å². The van der Waals surface area contributed by atoms with Gasteiger partial charge in [-0.25, -0.2) is 9.37 Å². The highest BCUT2D eigenvalue weighted by molar-refractivity contribution is 5.94. The largest absolute Gasteiger partial charge is 0.348 e. The number of halogens is 1. The minimum absolute atomic E-state index is 0.0107. The number of carbonyl (C=O) groups is 1. The summed E-state index contributed by atoms with van der Waals surface area (Å²) in [6.07, 6.45) is 2.41. The number of nitrogens with zero attached hydrogens (tertiary/aromatic N) is 2. The fourth-order valence-corrected chi connectivity index (χ4v) is 2.13. The highest BCUT2D eigenvalue weighted by Crippen LogP contribution is 2.13. The van der Waals surface area contributed by atoms with E-state index in [9.17, 15) is 9.18 Å². The Kier molecular flexibility index (Phi) is 3.35. The van der Waals surface area contributed by atoms with Crippen LogP contribution in [0.25, 0.3) is 11.0 Å². The number of hydrogen-bond donors (Lipinski definition) is 2. The molecular formula is C15H13FN4O. The number of nitrogens with one attached hydrogen (secondary N) is 2. The first kappa shape index (κ1) is 13.2. The number of benzene rings is 1. The van der Waals surface area contributed by atoms with Crippen molar-refractivity contribution in [1.29, 1.82) is 0 Å². The van der Waals surface area contributed by atoms with Crippen molar-refractivity contribution < 1.29 is 9.18 Å². The predicted octanol–water partition coefficient (Wildman–Crippen LogP) is 2.34. The Morgan fingerprint density at radius 1 is 1.38 bits per heavy atom. The Bertz CT molecular complexity index is 812. The van der Waals surface area contributed by atoms with Crippen molar-refractivity contribution in [3.05, 3.63) is 59.4 Å². The van der Waals surface area contributed by atoms with Gasteiger partial charge >= 0.3 is 0 Å². The minimum Gasteiger partial charge on any atom is -0.348 e. The first-order valence-corrected chi connectivity index (χ1v) is 6.46. The molecule has 0 aliphatic carbocycles. The van der Waals surface area contributed by atoms with E-state index in [4.69, 9.17) is 0 Å². The maximum atomic E-state index is 13.4. The molecule has 0 saturated heterocycles. The third-order valence-corrected chi connectivity index (χ3v) is 3.13. The van der Waals surface area contributed by atoms with Crippen molar-refractivity contribution in [3.63, 3.8) is 0 Å². The topological polar surface area (TPSA) is 70.7 Å². The van der Waals surface area contributed by atoms with Crippen molar-refractivity contribution in [2.45, 2.75) is 13.5 Å². The second-order valence-corrected chi connectivity index (χ2v) is 4.71. The van der Waals surface area contributed by atoms with E-state index in [2.05, 4.69) is 20.3 Å². The molecule has 1 aromatic carbocycles. The highest BCUT2D eigenvalue weighted by atomic mass is 19.1. The van der Waals surface area contributed by atoms with Gasteiger partial charge in [0.25, 0.3) is 5.91 Å². The molecule has 21 heavy (non-hydrogen) atoms. The number of H-pyrrole nitrogens is 1. The van der Waals surface area contributed by atoms with Crippen LogP contribution in [0, 0.1) is 12.7 Å². The second kappa shape index (κ2) is 5.32. The average Bonchev–Trinajstić information content (AvgIpc) is 2.84. The molecule has 0 radical (unpaired) electrons. The van der Waals surface area contributed by atoms with Gasteiger partial charge in [-0.3, -0.25) is 9.78 Å². The van der Waals surface area contributed by atoms with Gasteiger partial charge in [0.1, 0.15) is 5.82 Å². The molecule has 6 heteroatoms. The molecule has 2 N–H and O–H groups in total. The van der Waals surface area contributed by atoms with Gasteiger partial charge in [-0.15, -0.1) is 0 Å². The van der Waals surface area contributed by atoms with Crippen LogP contribution in [0.1, 0.15) is 21.7 Å². The molecular weight excluding hydrogens is 271 g/mol. The van der Waals surface area contributed by atoms with E-state index in [1.54, 1.807) is 0 Å². The van der Waals surface area contributed by atoms with Gasteiger partial charge in [0, 0.05) is 12.7 Å². The lowest BCUT2D eigenvalue weighted by atomic mass is 10.2. The summed E-state index contributed by atoms with van der Waals surface area (Å²) in [5, 5.41) is 2.69. The Labute approximate surface area is 120 Å². The highest BCUT2D eigenvalue weighted by Gasteiger charge is 2.11. The van der Waals surface area contributed by atoms with E-state index < -0.39 is 11.7 Å². The molecule has 2 heterocycles. The fourth-order valence-electron chi connectivity index (χ4n) is 2.13. The minimum atomic E-state index is -0.630. The number of pyridine rings is 1. The molecule has 0 atom stereocenters. The first-order chi connectivity index (χ1) is 10.1. The molecule has 3 aromatic rings. The van der Waals surface area contributed by atoms with Crippen molar-refractivity contribution in [1.82, 2.24) is 20.3 Å². The summed E-state index contributed by atoms with van der Waals surface area (Å²) in [6, 6.07) is 7.03. The van der Waals surface area contributed by atoms with Crippen LogP contribution in [0.5, 0.6) is 0 Å². The van der Waals surface area contributed by atoms with Gasteiger partial charge in [0.05, 0.1) is 22.8 Å². The number of aryl methyl sites for hydroxylation is 1. The van der Waals surface area contributed by atoms with Gasteiger partial charge in [-0.05, 0) is 30.7 Å². The third-order valence-electron chi connectivity index (χ3n) is 3.13. The molecule has 0 unspecified atom stereocenters. The molecule has 0 aliphatic rings. The van der Waals surface area contributed by atoms with Crippen LogP contribution in [-0.4, -0.2) is 20.9 Å². The number of rotatable bonds is 3. The number of fused-ring (bicyclic) bond motifs is 1. The molecule has 106 valence electrons. The van der Waals surface area contributed by atoms with E-state index >= 15 is 0 Å². The second-order valence-electron chi connectivity index (χ2n) is 4.71. The van der Waals surface area contributed by atoms with Crippen LogP contribution in [0.15, 0.2) is 36.7 Å². The molecule has 0 bridgehead atoms. The molecule has 3 rings (SSSR count). The normalized spacial score (nSPS) is 10.8. The molecule has 0 saturated carbocycles. The lowest BCUT2D eigenvalue weighted by Crippen LogP contribution is -2.23. The number of carbonyl (C=O) groups excluding carboxylic acids is 1.